The van der Waals surface area contributed by atoms with Gasteiger partial charge in [0.15, 0.2) is 0 Å². The number of hydrogen-bond donors (Lipinski definition) is 2. The van der Waals surface area contributed by atoms with E-state index in [4.69, 9.17) is 11.6 Å². The van der Waals surface area contributed by atoms with Gasteiger partial charge in [0.2, 0.25) is 0 Å². The van der Waals surface area contributed by atoms with Crippen LogP contribution >= 0.6 is 22.9 Å². The quantitative estimate of drug-likeness (QED) is 0.339. The van der Waals surface area contributed by atoms with Crippen molar-refractivity contribution in [3.05, 3.63) is 68.2 Å². The minimum atomic E-state index is -1.36. The SMILES string of the molecule is Cn1ccc([O-])c(NC(=O)N[C@@H](CC(=O)[O-])c2cc(-c3cccc(Cl)c3)cs2)c1=O.[Na+].[Na+]. The van der Waals surface area contributed by atoms with Crippen LogP contribution in [0.1, 0.15) is 17.3 Å². The number of urea groups is 1. The first-order chi connectivity index (χ1) is 14.2. The average molecular weight is 492 g/mol. The fourth-order valence-corrected chi connectivity index (χ4v) is 3.94. The summed E-state index contributed by atoms with van der Waals surface area (Å²) >= 11 is 7.27. The number of anilines is 1. The first kappa shape index (κ1) is 28.7. The number of rotatable bonds is 6. The molecule has 1 atom stereocenters. The molecule has 2 amide bonds. The van der Waals surface area contributed by atoms with Crippen molar-refractivity contribution < 1.29 is 78.9 Å². The van der Waals surface area contributed by atoms with E-state index in [0.29, 0.717) is 9.90 Å². The van der Waals surface area contributed by atoms with Gasteiger partial charge in [-0.25, -0.2) is 4.79 Å². The second kappa shape index (κ2) is 12.8. The van der Waals surface area contributed by atoms with Crippen molar-refractivity contribution in [2.75, 3.05) is 5.32 Å². The first-order valence-corrected chi connectivity index (χ1v) is 9.98. The Bertz CT molecular complexity index is 1170. The second-order valence-electron chi connectivity index (χ2n) is 6.45. The van der Waals surface area contributed by atoms with Gasteiger partial charge in [0, 0.05) is 35.5 Å². The van der Waals surface area contributed by atoms with Crippen molar-refractivity contribution in [1.82, 2.24) is 9.88 Å². The van der Waals surface area contributed by atoms with E-state index in [1.807, 2.05) is 11.4 Å². The first-order valence-electron chi connectivity index (χ1n) is 8.73. The molecule has 0 bridgehead atoms. The summed E-state index contributed by atoms with van der Waals surface area (Å²) < 4.78 is 1.15. The third kappa shape index (κ3) is 7.36. The molecule has 0 aliphatic rings. The number of pyridine rings is 1. The summed E-state index contributed by atoms with van der Waals surface area (Å²) in [5, 5.41) is 30.2. The van der Waals surface area contributed by atoms with E-state index in [1.54, 1.807) is 24.3 Å². The van der Waals surface area contributed by atoms with Gasteiger partial charge in [-0.3, -0.25) is 4.79 Å². The number of nitrogens with zero attached hydrogens (tertiary/aromatic N) is 1. The van der Waals surface area contributed by atoms with Gasteiger partial charge in [-0.05, 0) is 34.7 Å². The number of carboxylic acids is 1. The molecule has 0 aliphatic heterocycles. The molecule has 2 N–H and O–H groups in total. The van der Waals surface area contributed by atoms with Gasteiger partial charge in [-0.1, -0.05) is 35.5 Å². The Hall–Kier alpha value is -1.30. The maximum atomic E-state index is 12.4. The molecule has 0 aliphatic carbocycles. The molecular formula is C20H16ClN3Na2O5S. The van der Waals surface area contributed by atoms with Crippen molar-refractivity contribution >= 4 is 40.6 Å². The number of halogens is 1. The fourth-order valence-electron chi connectivity index (χ4n) is 2.78. The summed E-state index contributed by atoms with van der Waals surface area (Å²) in [5.74, 6) is -2.01. The number of carbonyl (C=O) groups is 2. The van der Waals surface area contributed by atoms with Crippen LogP contribution in [0, 0.1) is 0 Å². The molecule has 0 saturated heterocycles. The number of aryl methyl sites for hydroxylation is 1. The zero-order valence-corrected chi connectivity index (χ0v) is 23.3. The number of hydrogen-bond acceptors (Lipinski definition) is 6. The summed E-state index contributed by atoms with van der Waals surface area (Å²) in [6, 6.07) is 8.24. The molecule has 0 unspecified atom stereocenters. The molecule has 12 heteroatoms. The number of thiophene rings is 1. The van der Waals surface area contributed by atoms with Gasteiger partial charge < -0.3 is 30.2 Å². The van der Waals surface area contributed by atoms with Gasteiger partial charge in [-0.2, -0.15) is 0 Å². The van der Waals surface area contributed by atoms with Crippen LogP contribution < -0.4 is 85.5 Å². The molecule has 156 valence electrons. The van der Waals surface area contributed by atoms with E-state index in [0.717, 1.165) is 21.8 Å². The molecule has 2 heterocycles. The standard InChI is InChI=1S/C20H18ClN3O5S.2Na/c1-24-6-5-15(25)18(19(24)28)23-20(29)22-14(9-17(26)27)16-8-12(10-30-16)11-3-2-4-13(21)7-11;;/h2-8,10,14,25H,9H2,1H3,(H,26,27)(H2,22,23,29);;/q;2*+1/p-2/t14-;;/m0../s1. The summed E-state index contributed by atoms with van der Waals surface area (Å²) in [6.07, 6.45) is 0.801. The molecule has 3 aromatic rings. The Morgan fingerprint density at radius 3 is 2.56 bits per heavy atom. The molecule has 0 saturated carbocycles. The number of carbonyl (C=O) groups excluding carboxylic acids is 2. The molecule has 3 rings (SSSR count). The molecule has 2 aromatic heterocycles. The minimum absolute atomic E-state index is 0. The Morgan fingerprint density at radius 1 is 1.19 bits per heavy atom. The summed E-state index contributed by atoms with van der Waals surface area (Å²) in [4.78, 5) is 36.2. The number of aromatic nitrogens is 1. The molecule has 0 radical (unpaired) electrons. The zero-order chi connectivity index (χ0) is 21.8. The van der Waals surface area contributed by atoms with Crippen molar-refractivity contribution in [1.29, 1.82) is 0 Å². The monoisotopic (exact) mass is 491 g/mol. The van der Waals surface area contributed by atoms with Crippen LogP contribution in [0.2, 0.25) is 5.02 Å². The number of carboxylic acid groups (broad SMARTS) is 1. The predicted molar refractivity (Wildman–Crippen MR) is 110 cm³/mol. The van der Waals surface area contributed by atoms with Gasteiger partial charge in [0.05, 0.1) is 6.04 Å². The number of benzene rings is 1. The average Bonchev–Trinajstić information content (AvgIpc) is 3.18. The number of nitrogens with one attached hydrogen (secondary N) is 2. The molecule has 0 spiro atoms. The van der Waals surface area contributed by atoms with Crippen LogP contribution in [-0.4, -0.2) is 16.6 Å². The molecule has 8 nitrogen and oxygen atoms in total. The van der Waals surface area contributed by atoms with Gasteiger partial charge in [0.25, 0.3) is 5.56 Å². The van der Waals surface area contributed by atoms with Crippen LogP contribution in [0.25, 0.3) is 11.1 Å². The smallest absolute Gasteiger partial charge is 0.871 e. The molecule has 1 aromatic carbocycles. The molecule has 32 heavy (non-hydrogen) atoms. The predicted octanol–water partition coefficient (Wildman–Crippen LogP) is -4.15. The Labute approximate surface area is 237 Å². The number of amides is 2. The normalized spacial score (nSPS) is 10.9. The third-order valence-electron chi connectivity index (χ3n) is 4.27. The van der Waals surface area contributed by atoms with Crippen molar-refractivity contribution in [3.63, 3.8) is 0 Å². The van der Waals surface area contributed by atoms with Gasteiger partial charge in [-0.15, -0.1) is 11.3 Å². The van der Waals surface area contributed by atoms with Crippen LogP contribution in [-0.2, 0) is 11.8 Å². The van der Waals surface area contributed by atoms with Crippen LogP contribution in [0.15, 0.2) is 52.8 Å². The third-order valence-corrected chi connectivity index (χ3v) is 5.55. The van der Waals surface area contributed by atoms with Crippen molar-refractivity contribution in [2.45, 2.75) is 12.5 Å². The fraction of sp³-hybridized carbons (Fsp3) is 0.150. The van der Waals surface area contributed by atoms with Crippen LogP contribution in [0.3, 0.4) is 0 Å². The Kier molecular flexibility index (Phi) is 11.5. The summed E-state index contributed by atoms with van der Waals surface area (Å²) in [7, 11) is 1.44. The topological polar surface area (TPSA) is 126 Å². The van der Waals surface area contributed by atoms with E-state index in [2.05, 4.69) is 10.6 Å². The van der Waals surface area contributed by atoms with E-state index in [1.165, 1.54) is 24.6 Å². The van der Waals surface area contributed by atoms with E-state index in [9.17, 15) is 24.6 Å². The van der Waals surface area contributed by atoms with E-state index < -0.39 is 41.5 Å². The maximum absolute atomic E-state index is 12.4. The second-order valence-corrected chi connectivity index (χ2v) is 7.83. The van der Waals surface area contributed by atoms with Crippen molar-refractivity contribution in [2.24, 2.45) is 7.05 Å². The molecular weight excluding hydrogens is 476 g/mol. The Balaban J connectivity index is 0.00000256. The zero-order valence-electron chi connectivity index (χ0n) is 17.7. The van der Waals surface area contributed by atoms with E-state index >= 15 is 0 Å². The van der Waals surface area contributed by atoms with Gasteiger partial charge in [0.1, 0.15) is 5.69 Å². The largest absolute Gasteiger partial charge is 1.00 e. The summed E-state index contributed by atoms with van der Waals surface area (Å²) in [6.45, 7) is 0. The number of aliphatic carboxylic acids is 1. The summed E-state index contributed by atoms with van der Waals surface area (Å²) in [5.41, 5.74) is 0.552. The van der Waals surface area contributed by atoms with Crippen molar-refractivity contribution in [3.8, 4) is 16.9 Å². The van der Waals surface area contributed by atoms with Gasteiger partial charge >= 0.3 is 65.1 Å². The van der Waals surface area contributed by atoms with Crippen LogP contribution in [0.5, 0.6) is 5.75 Å². The maximum Gasteiger partial charge on any atom is 1.00 e. The van der Waals surface area contributed by atoms with E-state index in [-0.39, 0.29) is 59.1 Å². The van der Waals surface area contributed by atoms with Crippen LogP contribution in [0.4, 0.5) is 10.5 Å². The molecule has 0 fully saturated rings. The Morgan fingerprint density at radius 2 is 1.91 bits per heavy atom. The minimum Gasteiger partial charge on any atom is -0.871 e.